The number of allylic oxidation sites excluding steroid dienone is 1. The monoisotopic (exact) mass is 187 g/mol. The number of amides is 1. The van der Waals surface area contributed by atoms with E-state index < -0.39 is 0 Å². The average Bonchev–Trinajstić information content (AvgIpc) is 2.20. The molecule has 1 aliphatic heterocycles. The standard InChI is InChI=1S/C12H13NO/c1-10-5-7-11(8-6-10)13-9-3-2-4-12(13)14/h3,5-9H,2,4H2,1H3. The van der Waals surface area contributed by atoms with Crippen molar-refractivity contribution in [2.75, 3.05) is 4.90 Å². The molecule has 0 bridgehead atoms. The molecule has 1 aromatic carbocycles. The maximum atomic E-state index is 11.6. The van der Waals surface area contributed by atoms with Gasteiger partial charge in [-0.25, -0.2) is 0 Å². The molecule has 14 heavy (non-hydrogen) atoms. The highest BCUT2D eigenvalue weighted by Crippen LogP contribution is 2.19. The molecule has 0 saturated carbocycles. The summed E-state index contributed by atoms with van der Waals surface area (Å²) in [7, 11) is 0. The molecule has 0 aliphatic carbocycles. The molecule has 0 radical (unpaired) electrons. The molecule has 0 unspecified atom stereocenters. The van der Waals surface area contributed by atoms with Gasteiger partial charge in [-0.1, -0.05) is 23.8 Å². The van der Waals surface area contributed by atoms with E-state index in [1.807, 2.05) is 43.5 Å². The minimum atomic E-state index is 0.177. The average molecular weight is 187 g/mol. The van der Waals surface area contributed by atoms with Crippen molar-refractivity contribution in [1.29, 1.82) is 0 Å². The van der Waals surface area contributed by atoms with Gasteiger partial charge in [0, 0.05) is 18.3 Å². The molecule has 2 nitrogen and oxygen atoms in total. The fourth-order valence-corrected chi connectivity index (χ4v) is 1.53. The van der Waals surface area contributed by atoms with E-state index in [4.69, 9.17) is 0 Å². The lowest BCUT2D eigenvalue weighted by Crippen LogP contribution is -2.26. The molecule has 72 valence electrons. The quantitative estimate of drug-likeness (QED) is 0.661. The fraction of sp³-hybridized carbons (Fsp3) is 0.250. The van der Waals surface area contributed by atoms with E-state index in [0.29, 0.717) is 6.42 Å². The van der Waals surface area contributed by atoms with Gasteiger partial charge in [0.1, 0.15) is 0 Å². The number of anilines is 1. The predicted molar refractivity (Wildman–Crippen MR) is 57.0 cm³/mol. The van der Waals surface area contributed by atoms with Gasteiger partial charge in [-0.3, -0.25) is 9.69 Å². The summed E-state index contributed by atoms with van der Waals surface area (Å²) in [6.45, 7) is 2.04. The van der Waals surface area contributed by atoms with Gasteiger partial charge in [0.05, 0.1) is 0 Å². The van der Waals surface area contributed by atoms with Crippen molar-refractivity contribution < 1.29 is 4.79 Å². The minimum absolute atomic E-state index is 0.177. The molecule has 0 saturated heterocycles. The Morgan fingerprint density at radius 1 is 1.21 bits per heavy atom. The van der Waals surface area contributed by atoms with Crippen LogP contribution in [0.15, 0.2) is 36.5 Å². The molecular weight excluding hydrogens is 174 g/mol. The Morgan fingerprint density at radius 3 is 2.57 bits per heavy atom. The van der Waals surface area contributed by atoms with Crippen molar-refractivity contribution in [2.45, 2.75) is 19.8 Å². The van der Waals surface area contributed by atoms with Crippen LogP contribution in [0.1, 0.15) is 18.4 Å². The molecule has 1 heterocycles. The lowest BCUT2D eigenvalue weighted by Gasteiger charge is -2.21. The van der Waals surface area contributed by atoms with Gasteiger partial charge in [0.15, 0.2) is 0 Å². The summed E-state index contributed by atoms with van der Waals surface area (Å²) in [5, 5.41) is 0. The highest BCUT2D eigenvalue weighted by molar-refractivity contribution is 5.96. The Labute approximate surface area is 83.8 Å². The van der Waals surface area contributed by atoms with E-state index in [2.05, 4.69) is 0 Å². The van der Waals surface area contributed by atoms with E-state index in [1.54, 1.807) is 4.90 Å². The summed E-state index contributed by atoms with van der Waals surface area (Å²) in [5.41, 5.74) is 2.17. The Balaban J connectivity index is 2.29. The van der Waals surface area contributed by atoms with Gasteiger partial charge in [-0.2, -0.15) is 0 Å². The zero-order chi connectivity index (χ0) is 9.97. The van der Waals surface area contributed by atoms with Crippen LogP contribution >= 0.6 is 0 Å². The Hall–Kier alpha value is -1.57. The molecule has 0 atom stereocenters. The third kappa shape index (κ3) is 1.69. The summed E-state index contributed by atoms with van der Waals surface area (Å²) >= 11 is 0. The second-order valence-corrected chi connectivity index (χ2v) is 3.52. The first kappa shape index (κ1) is 9.00. The number of hydrogen-bond acceptors (Lipinski definition) is 1. The first-order chi connectivity index (χ1) is 6.77. The molecule has 1 aliphatic rings. The van der Waals surface area contributed by atoms with Crippen LogP contribution in [0.5, 0.6) is 0 Å². The van der Waals surface area contributed by atoms with Gasteiger partial charge in [-0.05, 0) is 25.5 Å². The zero-order valence-electron chi connectivity index (χ0n) is 8.23. The zero-order valence-corrected chi connectivity index (χ0v) is 8.23. The van der Waals surface area contributed by atoms with E-state index in [-0.39, 0.29) is 5.91 Å². The second-order valence-electron chi connectivity index (χ2n) is 3.52. The van der Waals surface area contributed by atoms with Crippen LogP contribution in [0.4, 0.5) is 5.69 Å². The molecule has 2 heteroatoms. The molecule has 0 spiro atoms. The lowest BCUT2D eigenvalue weighted by molar-refractivity contribution is -0.118. The van der Waals surface area contributed by atoms with Crippen LogP contribution in [0.2, 0.25) is 0 Å². The summed E-state index contributed by atoms with van der Waals surface area (Å²) in [5.74, 6) is 0.177. The maximum Gasteiger partial charge on any atom is 0.231 e. The number of carbonyl (C=O) groups is 1. The van der Waals surface area contributed by atoms with Crippen molar-refractivity contribution in [2.24, 2.45) is 0 Å². The molecule has 1 amide bonds. The molecule has 0 N–H and O–H groups in total. The third-order valence-electron chi connectivity index (χ3n) is 2.36. The number of carbonyl (C=O) groups excluding carboxylic acids is 1. The second kappa shape index (κ2) is 3.66. The van der Waals surface area contributed by atoms with Gasteiger partial charge in [0.2, 0.25) is 5.91 Å². The van der Waals surface area contributed by atoms with E-state index >= 15 is 0 Å². The van der Waals surface area contributed by atoms with E-state index in [1.165, 1.54) is 5.56 Å². The van der Waals surface area contributed by atoms with Crippen molar-refractivity contribution in [3.8, 4) is 0 Å². The number of benzene rings is 1. The van der Waals surface area contributed by atoms with Gasteiger partial charge in [-0.15, -0.1) is 0 Å². The smallest absolute Gasteiger partial charge is 0.231 e. The number of aryl methyl sites for hydroxylation is 1. The lowest BCUT2D eigenvalue weighted by atomic mass is 10.1. The summed E-state index contributed by atoms with van der Waals surface area (Å²) in [4.78, 5) is 13.3. The van der Waals surface area contributed by atoms with Crippen LogP contribution in [-0.4, -0.2) is 5.91 Å². The molecule has 0 fully saturated rings. The normalized spacial score (nSPS) is 16.1. The van der Waals surface area contributed by atoms with Crippen molar-refractivity contribution in [3.05, 3.63) is 42.1 Å². The van der Waals surface area contributed by atoms with Crippen LogP contribution in [0, 0.1) is 6.92 Å². The Bertz CT molecular complexity index is 364. The first-order valence-corrected chi connectivity index (χ1v) is 4.83. The third-order valence-corrected chi connectivity index (χ3v) is 2.36. The molecule has 1 aromatic rings. The van der Waals surface area contributed by atoms with Crippen molar-refractivity contribution in [3.63, 3.8) is 0 Å². The fourth-order valence-electron chi connectivity index (χ4n) is 1.53. The van der Waals surface area contributed by atoms with Gasteiger partial charge in [0.25, 0.3) is 0 Å². The first-order valence-electron chi connectivity index (χ1n) is 4.83. The highest BCUT2D eigenvalue weighted by Gasteiger charge is 2.14. The number of hydrogen-bond donors (Lipinski definition) is 0. The molecule has 2 rings (SSSR count). The van der Waals surface area contributed by atoms with Crippen molar-refractivity contribution in [1.82, 2.24) is 0 Å². The largest absolute Gasteiger partial charge is 0.288 e. The number of nitrogens with zero attached hydrogens (tertiary/aromatic N) is 1. The molecular formula is C12H13NO. The van der Waals surface area contributed by atoms with Gasteiger partial charge >= 0.3 is 0 Å². The Kier molecular flexibility index (Phi) is 2.35. The predicted octanol–water partition coefficient (Wildman–Crippen LogP) is 2.64. The van der Waals surface area contributed by atoms with E-state index in [9.17, 15) is 4.79 Å². The van der Waals surface area contributed by atoms with Gasteiger partial charge < -0.3 is 0 Å². The van der Waals surface area contributed by atoms with Crippen LogP contribution < -0.4 is 4.90 Å². The molecule has 0 aromatic heterocycles. The van der Waals surface area contributed by atoms with Crippen LogP contribution in [-0.2, 0) is 4.79 Å². The summed E-state index contributed by atoms with van der Waals surface area (Å²) < 4.78 is 0. The summed E-state index contributed by atoms with van der Waals surface area (Å²) in [6.07, 6.45) is 5.36. The van der Waals surface area contributed by atoms with Crippen molar-refractivity contribution >= 4 is 11.6 Å². The maximum absolute atomic E-state index is 11.6. The Morgan fingerprint density at radius 2 is 1.93 bits per heavy atom. The highest BCUT2D eigenvalue weighted by atomic mass is 16.2. The minimum Gasteiger partial charge on any atom is -0.288 e. The topological polar surface area (TPSA) is 20.3 Å². The van der Waals surface area contributed by atoms with E-state index in [0.717, 1.165) is 12.1 Å². The number of rotatable bonds is 1. The SMILES string of the molecule is Cc1ccc(N2C=CCCC2=O)cc1. The van der Waals surface area contributed by atoms with Crippen LogP contribution in [0.3, 0.4) is 0 Å². The van der Waals surface area contributed by atoms with Crippen LogP contribution in [0.25, 0.3) is 0 Å². The summed E-state index contributed by atoms with van der Waals surface area (Å²) in [6, 6.07) is 7.99.